The first-order chi connectivity index (χ1) is 10.1. The lowest BCUT2D eigenvalue weighted by molar-refractivity contribution is 0.377. The van der Waals surface area contributed by atoms with Crippen molar-refractivity contribution in [1.29, 1.82) is 0 Å². The Labute approximate surface area is 128 Å². The second-order valence-corrected chi connectivity index (χ2v) is 5.92. The van der Waals surface area contributed by atoms with Gasteiger partial charge in [0.1, 0.15) is 11.5 Å². The van der Waals surface area contributed by atoms with E-state index in [1.165, 1.54) is 11.1 Å². The summed E-state index contributed by atoms with van der Waals surface area (Å²) >= 11 is 0. The molecule has 0 fully saturated rings. The third kappa shape index (κ3) is 4.21. The molecule has 2 aromatic rings. The first-order valence-electron chi connectivity index (χ1n) is 8.03. The van der Waals surface area contributed by atoms with Crippen molar-refractivity contribution in [3.05, 3.63) is 59.0 Å². The number of hydrogen-bond acceptors (Lipinski definition) is 2. The molecule has 0 radical (unpaired) electrons. The van der Waals surface area contributed by atoms with E-state index in [9.17, 15) is 0 Å². The molecule has 2 nitrogen and oxygen atoms in total. The predicted molar refractivity (Wildman–Crippen MR) is 88.3 cm³/mol. The molecule has 0 aliphatic carbocycles. The second-order valence-electron chi connectivity index (χ2n) is 5.92. The quantitative estimate of drug-likeness (QED) is 0.783. The Bertz CT molecular complexity index is 539. The fraction of sp³-hybridized carbons (Fsp3) is 0.474. The molecule has 1 N–H and O–H groups in total. The first kappa shape index (κ1) is 15.8. The van der Waals surface area contributed by atoms with Crippen LogP contribution in [0.3, 0.4) is 0 Å². The van der Waals surface area contributed by atoms with Crippen LogP contribution in [0.2, 0.25) is 0 Å². The van der Waals surface area contributed by atoms with Crippen molar-refractivity contribution in [1.82, 2.24) is 5.32 Å². The first-order valence-corrected chi connectivity index (χ1v) is 8.03. The minimum absolute atomic E-state index is 0.353. The van der Waals surface area contributed by atoms with Crippen LogP contribution < -0.4 is 5.32 Å². The maximum atomic E-state index is 5.77. The average Bonchev–Trinajstić information content (AvgIpc) is 2.96. The molecular weight excluding hydrogens is 258 g/mol. The Kier molecular flexibility index (Phi) is 5.63. The van der Waals surface area contributed by atoms with E-state index in [1.54, 1.807) is 0 Å². The van der Waals surface area contributed by atoms with Crippen LogP contribution in [-0.4, -0.2) is 0 Å². The zero-order valence-corrected chi connectivity index (χ0v) is 13.6. The molecule has 0 saturated carbocycles. The zero-order valence-electron chi connectivity index (χ0n) is 13.6. The number of nitrogens with one attached hydrogen (secondary N) is 1. The minimum Gasteiger partial charge on any atom is -0.465 e. The van der Waals surface area contributed by atoms with Crippen LogP contribution in [0.1, 0.15) is 56.4 Å². The van der Waals surface area contributed by atoms with Gasteiger partial charge in [0.05, 0.1) is 6.54 Å². The van der Waals surface area contributed by atoms with Gasteiger partial charge in [0, 0.05) is 12.5 Å². The summed E-state index contributed by atoms with van der Waals surface area (Å²) in [5.74, 6) is 2.61. The smallest absolute Gasteiger partial charge is 0.117 e. The molecule has 1 unspecified atom stereocenters. The normalized spacial score (nSPS) is 12.8. The molecule has 1 aromatic heterocycles. The molecule has 0 aliphatic rings. The van der Waals surface area contributed by atoms with Gasteiger partial charge in [-0.05, 0) is 35.6 Å². The lowest BCUT2D eigenvalue weighted by atomic mass is 9.95. The van der Waals surface area contributed by atoms with E-state index in [1.807, 2.05) is 0 Å². The second kappa shape index (κ2) is 7.46. The Morgan fingerprint density at radius 3 is 2.10 bits per heavy atom. The molecule has 0 saturated heterocycles. The molecule has 1 aromatic carbocycles. The van der Waals surface area contributed by atoms with Crippen LogP contribution in [-0.2, 0) is 19.4 Å². The van der Waals surface area contributed by atoms with E-state index in [2.05, 4.69) is 69.4 Å². The SMILES string of the molecule is CCc1ccc(C(NCc2ccc(CC)o2)C(C)C)cc1. The van der Waals surface area contributed by atoms with Crippen LogP contribution in [0.15, 0.2) is 40.8 Å². The number of hydrogen-bond donors (Lipinski definition) is 1. The van der Waals surface area contributed by atoms with Crippen molar-refractivity contribution in [3.8, 4) is 0 Å². The third-order valence-corrected chi connectivity index (χ3v) is 3.98. The molecular formula is C19H27NO. The van der Waals surface area contributed by atoms with E-state index >= 15 is 0 Å². The standard InChI is InChI=1S/C19H27NO/c1-5-15-7-9-16(10-8-15)19(14(3)4)20-13-18-12-11-17(6-2)21-18/h7-12,14,19-20H,5-6,13H2,1-4H3. The third-order valence-electron chi connectivity index (χ3n) is 3.98. The van der Waals surface area contributed by atoms with Gasteiger partial charge in [0.2, 0.25) is 0 Å². The van der Waals surface area contributed by atoms with E-state index < -0.39 is 0 Å². The summed E-state index contributed by atoms with van der Waals surface area (Å²) in [4.78, 5) is 0. The summed E-state index contributed by atoms with van der Waals surface area (Å²) < 4.78 is 5.77. The van der Waals surface area contributed by atoms with Gasteiger partial charge in [-0.1, -0.05) is 52.0 Å². The molecule has 2 heteroatoms. The van der Waals surface area contributed by atoms with Gasteiger partial charge in [-0.25, -0.2) is 0 Å². The largest absolute Gasteiger partial charge is 0.465 e. The van der Waals surface area contributed by atoms with Gasteiger partial charge in [0.15, 0.2) is 0 Å². The van der Waals surface area contributed by atoms with Crippen molar-refractivity contribution in [2.24, 2.45) is 5.92 Å². The number of rotatable bonds is 7. The highest BCUT2D eigenvalue weighted by Crippen LogP contribution is 2.23. The maximum Gasteiger partial charge on any atom is 0.117 e. The Balaban J connectivity index is 2.04. The molecule has 21 heavy (non-hydrogen) atoms. The summed E-state index contributed by atoms with van der Waals surface area (Å²) in [6.45, 7) is 9.59. The Morgan fingerprint density at radius 1 is 0.905 bits per heavy atom. The monoisotopic (exact) mass is 285 g/mol. The van der Waals surface area contributed by atoms with Gasteiger partial charge < -0.3 is 9.73 Å². The highest BCUT2D eigenvalue weighted by Gasteiger charge is 2.15. The lowest BCUT2D eigenvalue weighted by Gasteiger charge is -2.23. The zero-order chi connectivity index (χ0) is 15.2. The van der Waals surface area contributed by atoms with E-state index in [0.29, 0.717) is 12.0 Å². The fourth-order valence-electron chi connectivity index (χ4n) is 2.62. The highest BCUT2D eigenvalue weighted by atomic mass is 16.3. The number of furan rings is 1. The van der Waals surface area contributed by atoms with Crippen LogP contribution in [0, 0.1) is 5.92 Å². The van der Waals surface area contributed by atoms with Crippen LogP contribution in [0.25, 0.3) is 0 Å². The molecule has 114 valence electrons. The molecule has 0 bridgehead atoms. The molecule has 0 spiro atoms. The molecule has 0 amide bonds. The summed E-state index contributed by atoms with van der Waals surface area (Å²) in [5, 5.41) is 3.63. The van der Waals surface area contributed by atoms with Crippen LogP contribution in [0.5, 0.6) is 0 Å². The van der Waals surface area contributed by atoms with Crippen LogP contribution in [0.4, 0.5) is 0 Å². The summed E-state index contributed by atoms with van der Waals surface area (Å²) in [6, 6.07) is 13.4. The van der Waals surface area contributed by atoms with E-state index in [4.69, 9.17) is 4.42 Å². The van der Waals surface area contributed by atoms with Crippen molar-refractivity contribution in [2.75, 3.05) is 0 Å². The number of aryl methyl sites for hydroxylation is 2. The summed E-state index contributed by atoms with van der Waals surface area (Å²) in [5.41, 5.74) is 2.74. The maximum absolute atomic E-state index is 5.77. The van der Waals surface area contributed by atoms with Crippen molar-refractivity contribution < 1.29 is 4.42 Å². The Morgan fingerprint density at radius 2 is 1.57 bits per heavy atom. The van der Waals surface area contributed by atoms with Crippen molar-refractivity contribution in [2.45, 2.75) is 53.1 Å². The summed E-state index contributed by atoms with van der Waals surface area (Å²) in [6.07, 6.45) is 2.04. The van der Waals surface area contributed by atoms with E-state index in [-0.39, 0.29) is 0 Å². The number of benzene rings is 1. The fourth-order valence-corrected chi connectivity index (χ4v) is 2.62. The van der Waals surface area contributed by atoms with E-state index in [0.717, 1.165) is 30.9 Å². The lowest BCUT2D eigenvalue weighted by Crippen LogP contribution is -2.25. The minimum atomic E-state index is 0.353. The highest BCUT2D eigenvalue weighted by molar-refractivity contribution is 5.25. The molecule has 1 atom stereocenters. The average molecular weight is 285 g/mol. The van der Waals surface area contributed by atoms with Crippen molar-refractivity contribution >= 4 is 0 Å². The van der Waals surface area contributed by atoms with Gasteiger partial charge in [-0.2, -0.15) is 0 Å². The topological polar surface area (TPSA) is 25.2 Å². The van der Waals surface area contributed by atoms with Crippen LogP contribution >= 0.6 is 0 Å². The molecule has 1 heterocycles. The Hall–Kier alpha value is -1.54. The van der Waals surface area contributed by atoms with Crippen molar-refractivity contribution in [3.63, 3.8) is 0 Å². The van der Waals surface area contributed by atoms with Gasteiger partial charge in [0.25, 0.3) is 0 Å². The summed E-state index contributed by atoms with van der Waals surface area (Å²) in [7, 11) is 0. The molecule has 2 rings (SSSR count). The van der Waals surface area contributed by atoms with Gasteiger partial charge >= 0.3 is 0 Å². The van der Waals surface area contributed by atoms with Gasteiger partial charge in [-0.15, -0.1) is 0 Å². The molecule has 0 aliphatic heterocycles. The van der Waals surface area contributed by atoms with Gasteiger partial charge in [-0.3, -0.25) is 0 Å². The predicted octanol–water partition coefficient (Wildman–Crippen LogP) is 4.89.